The van der Waals surface area contributed by atoms with Crippen LogP contribution in [0.1, 0.15) is 29.2 Å². The van der Waals surface area contributed by atoms with Gasteiger partial charge in [-0.25, -0.2) is 4.98 Å². The number of carboxylic acids is 1. The molecule has 0 aliphatic heterocycles. The van der Waals surface area contributed by atoms with Crippen molar-refractivity contribution < 1.29 is 27.9 Å². The molecule has 0 radical (unpaired) electrons. The average molecular weight is 419 g/mol. The van der Waals surface area contributed by atoms with E-state index in [1.807, 2.05) is 0 Å². The van der Waals surface area contributed by atoms with Crippen LogP contribution in [0.5, 0.6) is 0 Å². The molecule has 4 nitrogen and oxygen atoms in total. The SMILES string of the molecule is O=C(Cc1csc(-c2ccc(C(F)(F)F)cc2)n1)C[C@@H](C(=O)O)c1ccccc1. The van der Waals surface area contributed by atoms with E-state index in [0.717, 1.165) is 12.1 Å². The van der Waals surface area contributed by atoms with Gasteiger partial charge in [0.2, 0.25) is 0 Å². The first kappa shape index (κ1) is 20.7. The number of carboxylic acid groups (broad SMARTS) is 1. The van der Waals surface area contributed by atoms with E-state index in [2.05, 4.69) is 4.98 Å². The highest BCUT2D eigenvalue weighted by Gasteiger charge is 2.30. The maximum absolute atomic E-state index is 12.7. The second kappa shape index (κ2) is 8.57. The number of ketones is 1. The largest absolute Gasteiger partial charge is 0.481 e. The molecule has 0 saturated heterocycles. The van der Waals surface area contributed by atoms with Gasteiger partial charge in [-0.15, -0.1) is 11.3 Å². The van der Waals surface area contributed by atoms with Crippen LogP contribution in [0.25, 0.3) is 10.6 Å². The maximum atomic E-state index is 12.7. The minimum Gasteiger partial charge on any atom is -0.481 e. The Morgan fingerprint density at radius 2 is 1.69 bits per heavy atom. The summed E-state index contributed by atoms with van der Waals surface area (Å²) in [7, 11) is 0. The number of hydrogen-bond acceptors (Lipinski definition) is 4. The van der Waals surface area contributed by atoms with Gasteiger partial charge in [0.15, 0.2) is 0 Å². The number of alkyl halides is 3. The summed E-state index contributed by atoms with van der Waals surface area (Å²) in [5, 5.41) is 11.6. The molecule has 0 fully saturated rings. The lowest BCUT2D eigenvalue weighted by Gasteiger charge is -2.11. The Balaban J connectivity index is 1.68. The second-order valence-electron chi connectivity index (χ2n) is 6.44. The summed E-state index contributed by atoms with van der Waals surface area (Å²) in [6.07, 6.45) is -4.60. The summed E-state index contributed by atoms with van der Waals surface area (Å²) >= 11 is 1.22. The summed E-state index contributed by atoms with van der Waals surface area (Å²) in [6, 6.07) is 13.2. The van der Waals surface area contributed by atoms with Crippen LogP contribution in [-0.4, -0.2) is 21.8 Å². The zero-order valence-corrected chi connectivity index (χ0v) is 15.8. The number of aliphatic carboxylic acids is 1. The van der Waals surface area contributed by atoms with E-state index < -0.39 is 23.6 Å². The number of carbonyl (C=O) groups is 2. The number of thiazole rings is 1. The smallest absolute Gasteiger partial charge is 0.416 e. The molecule has 3 rings (SSSR count). The van der Waals surface area contributed by atoms with Crippen LogP contribution in [0.3, 0.4) is 0 Å². The zero-order chi connectivity index (χ0) is 21.0. The molecule has 0 amide bonds. The van der Waals surface area contributed by atoms with Gasteiger partial charge in [-0.1, -0.05) is 42.5 Å². The normalized spacial score (nSPS) is 12.5. The topological polar surface area (TPSA) is 67.3 Å². The molecular weight excluding hydrogens is 403 g/mol. The van der Waals surface area contributed by atoms with E-state index in [4.69, 9.17) is 0 Å². The lowest BCUT2D eigenvalue weighted by Crippen LogP contribution is -2.17. The predicted molar refractivity (Wildman–Crippen MR) is 103 cm³/mol. The van der Waals surface area contributed by atoms with Crippen LogP contribution in [0.4, 0.5) is 13.2 Å². The molecule has 2 aromatic carbocycles. The van der Waals surface area contributed by atoms with Crippen molar-refractivity contribution in [3.63, 3.8) is 0 Å². The molecule has 150 valence electrons. The third-order valence-corrected chi connectivity index (χ3v) is 5.26. The van der Waals surface area contributed by atoms with Gasteiger partial charge in [-0.2, -0.15) is 13.2 Å². The van der Waals surface area contributed by atoms with E-state index in [1.165, 1.54) is 23.5 Å². The van der Waals surface area contributed by atoms with Crippen molar-refractivity contribution in [1.82, 2.24) is 4.98 Å². The molecule has 1 heterocycles. The highest BCUT2D eigenvalue weighted by molar-refractivity contribution is 7.13. The molecule has 0 unspecified atom stereocenters. The van der Waals surface area contributed by atoms with Crippen molar-refractivity contribution in [1.29, 1.82) is 0 Å². The minimum absolute atomic E-state index is 0.0340. The molecule has 0 saturated carbocycles. The van der Waals surface area contributed by atoms with Crippen LogP contribution in [-0.2, 0) is 22.2 Å². The third-order valence-electron chi connectivity index (χ3n) is 4.32. The Hall–Kier alpha value is -3.00. The summed E-state index contributed by atoms with van der Waals surface area (Å²) in [4.78, 5) is 28.2. The molecule has 8 heteroatoms. The maximum Gasteiger partial charge on any atom is 0.416 e. The van der Waals surface area contributed by atoms with E-state index in [-0.39, 0.29) is 18.6 Å². The van der Waals surface area contributed by atoms with Gasteiger partial charge < -0.3 is 5.11 Å². The van der Waals surface area contributed by atoms with Crippen LogP contribution in [0.2, 0.25) is 0 Å². The monoisotopic (exact) mass is 419 g/mol. The number of aromatic nitrogens is 1. The summed E-state index contributed by atoms with van der Waals surface area (Å²) in [5.41, 5.74) is 0.799. The summed E-state index contributed by atoms with van der Waals surface area (Å²) < 4.78 is 38.0. The molecule has 1 atom stereocenters. The van der Waals surface area contributed by atoms with Gasteiger partial charge in [0, 0.05) is 23.8 Å². The van der Waals surface area contributed by atoms with E-state index in [9.17, 15) is 27.9 Å². The molecule has 0 spiro atoms. The minimum atomic E-state index is -4.40. The van der Waals surface area contributed by atoms with Gasteiger partial charge in [-0.05, 0) is 17.7 Å². The van der Waals surface area contributed by atoms with Gasteiger partial charge in [-0.3, -0.25) is 9.59 Å². The molecular formula is C21H16F3NO3S. The molecule has 1 N–H and O–H groups in total. The van der Waals surface area contributed by atoms with Gasteiger partial charge in [0.25, 0.3) is 0 Å². The number of rotatable bonds is 7. The number of nitrogens with zero attached hydrogens (tertiary/aromatic N) is 1. The Morgan fingerprint density at radius 3 is 2.28 bits per heavy atom. The fourth-order valence-corrected chi connectivity index (χ4v) is 3.68. The summed E-state index contributed by atoms with van der Waals surface area (Å²) in [6.45, 7) is 0. The third kappa shape index (κ3) is 5.29. The molecule has 0 aliphatic carbocycles. The molecule has 1 aromatic heterocycles. The van der Waals surface area contributed by atoms with E-state index >= 15 is 0 Å². The van der Waals surface area contributed by atoms with Crippen molar-refractivity contribution in [2.24, 2.45) is 0 Å². The fourth-order valence-electron chi connectivity index (χ4n) is 2.86. The molecule has 0 bridgehead atoms. The first-order valence-electron chi connectivity index (χ1n) is 8.65. The van der Waals surface area contributed by atoms with Crippen molar-refractivity contribution in [2.45, 2.75) is 24.9 Å². The number of benzene rings is 2. The van der Waals surface area contributed by atoms with Crippen LogP contribution in [0, 0.1) is 0 Å². The fraction of sp³-hybridized carbons (Fsp3) is 0.190. The van der Waals surface area contributed by atoms with Crippen LogP contribution in [0.15, 0.2) is 60.0 Å². The number of carbonyl (C=O) groups excluding carboxylic acids is 1. The molecule has 29 heavy (non-hydrogen) atoms. The van der Waals surface area contributed by atoms with Crippen LogP contribution >= 0.6 is 11.3 Å². The molecule has 3 aromatic rings. The quantitative estimate of drug-likeness (QED) is 0.572. The lowest BCUT2D eigenvalue weighted by molar-refractivity contribution is -0.140. The zero-order valence-electron chi connectivity index (χ0n) is 15.0. The lowest BCUT2D eigenvalue weighted by atomic mass is 9.93. The van der Waals surface area contributed by atoms with Crippen molar-refractivity contribution in [3.8, 4) is 10.6 Å². The second-order valence-corrected chi connectivity index (χ2v) is 7.30. The Labute approximate surface area is 168 Å². The highest BCUT2D eigenvalue weighted by Crippen LogP contribution is 2.32. The van der Waals surface area contributed by atoms with Crippen LogP contribution < -0.4 is 0 Å². The van der Waals surface area contributed by atoms with Crippen molar-refractivity contribution in [3.05, 3.63) is 76.8 Å². The standard InChI is InChI=1S/C21H16F3NO3S/c22-21(23,24)15-8-6-14(7-9-15)19-25-16(12-29-19)10-17(26)11-18(20(27)28)13-4-2-1-3-5-13/h1-9,12,18H,10-11H2,(H,27,28)/t18-/m1/s1. The first-order valence-corrected chi connectivity index (χ1v) is 9.53. The number of Topliss-reactive ketones (excluding diaryl/α,β-unsaturated/α-hetero) is 1. The average Bonchev–Trinajstić information content (AvgIpc) is 3.14. The van der Waals surface area contributed by atoms with Crippen molar-refractivity contribution >= 4 is 23.1 Å². The van der Waals surface area contributed by atoms with E-state index in [0.29, 0.717) is 21.8 Å². The highest BCUT2D eigenvalue weighted by atomic mass is 32.1. The van der Waals surface area contributed by atoms with Gasteiger partial charge in [0.05, 0.1) is 17.2 Å². The number of hydrogen-bond donors (Lipinski definition) is 1. The Kier molecular flexibility index (Phi) is 6.12. The van der Waals surface area contributed by atoms with Gasteiger partial charge >= 0.3 is 12.1 Å². The summed E-state index contributed by atoms with van der Waals surface area (Å²) in [5.74, 6) is -2.28. The Bertz CT molecular complexity index is 998. The first-order chi connectivity index (χ1) is 13.7. The molecule has 0 aliphatic rings. The van der Waals surface area contributed by atoms with E-state index in [1.54, 1.807) is 35.7 Å². The predicted octanol–water partition coefficient (Wildman–Crippen LogP) is 5.20. The van der Waals surface area contributed by atoms with Crippen molar-refractivity contribution in [2.75, 3.05) is 0 Å². The van der Waals surface area contributed by atoms with Gasteiger partial charge in [0.1, 0.15) is 10.8 Å². The Morgan fingerprint density at radius 1 is 1.03 bits per heavy atom. The number of halogens is 3.